The molecular weight excluding hydrogens is 328 g/mol. The summed E-state index contributed by atoms with van der Waals surface area (Å²) in [5, 5.41) is 4.12. The molecule has 0 aromatic carbocycles. The van der Waals surface area contributed by atoms with Crippen LogP contribution in [0.4, 0.5) is 0 Å². The van der Waals surface area contributed by atoms with Gasteiger partial charge in [-0.1, -0.05) is 0 Å². The highest BCUT2D eigenvalue weighted by atomic mass is 32.2. The van der Waals surface area contributed by atoms with Gasteiger partial charge < -0.3 is 4.57 Å². The molecule has 1 aliphatic heterocycles. The van der Waals surface area contributed by atoms with Gasteiger partial charge in [0.15, 0.2) is 5.03 Å². The van der Waals surface area contributed by atoms with Crippen molar-refractivity contribution >= 4 is 10.0 Å². The number of hydrogen-bond acceptors (Lipinski definition) is 5. The second-order valence-corrected chi connectivity index (χ2v) is 8.12. The van der Waals surface area contributed by atoms with Gasteiger partial charge in [0.05, 0.1) is 24.3 Å². The molecule has 1 fully saturated rings. The third-order valence-corrected chi connectivity index (χ3v) is 6.25. The van der Waals surface area contributed by atoms with Gasteiger partial charge in [0.1, 0.15) is 0 Å². The van der Waals surface area contributed by atoms with Gasteiger partial charge in [-0.15, -0.1) is 0 Å². The Kier molecular flexibility index (Phi) is 4.75. The van der Waals surface area contributed by atoms with Crippen molar-refractivity contribution in [2.24, 2.45) is 20.0 Å². The van der Waals surface area contributed by atoms with Crippen molar-refractivity contribution in [3.05, 3.63) is 30.5 Å². The Hall–Kier alpha value is -1.71. The maximum absolute atomic E-state index is 12.5. The Balaban J connectivity index is 1.78. The summed E-state index contributed by atoms with van der Waals surface area (Å²) in [5.41, 5.74) is 1.11. The Morgan fingerprint density at radius 1 is 1.33 bits per heavy atom. The normalized spacial score (nSPS) is 22.8. The van der Waals surface area contributed by atoms with E-state index in [0.717, 1.165) is 25.1 Å². The zero-order valence-electron chi connectivity index (χ0n) is 14.3. The minimum atomic E-state index is -3.56. The third-order valence-electron chi connectivity index (χ3n) is 4.75. The van der Waals surface area contributed by atoms with Crippen LogP contribution in [0.3, 0.4) is 0 Å². The average Bonchev–Trinajstić information content (AvgIpc) is 3.14. The molecule has 0 spiro atoms. The van der Waals surface area contributed by atoms with Crippen LogP contribution in [0.15, 0.2) is 29.8 Å². The third kappa shape index (κ3) is 3.24. The second-order valence-electron chi connectivity index (χ2n) is 6.40. The van der Waals surface area contributed by atoms with E-state index in [1.54, 1.807) is 13.4 Å². The van der Waals surface area contributed by atoms with Crippen LogP contribution in [-0.2, 0) is 24.1 Å². The van der Waals surface area contributed by atoms with Gasteiger partial charge in [0.2, 0.25) is 0 Å². The second kappa shape index (κ2) is 6.66. The van der Waals surface area contributed by atoms with Crippen LogP contribution in [0.25, 0.3) is 0 Å². The molecule has 9 heteroatoms. The van der Waals surface area contributed by atoms with E-state index in [0.29, 0.717) is 6.54 Å². The molecule has 0 radical (unpaired) electrons. The maximum atomic E-state index is 12.5. The maximum Gasteiger partial charge on any atom is 0.257 e. The molecule has 3 heterocycles. The molecule has 2 aromatic rings. The molecule has 1 saturated heterocycles. The number of hydrogen-bond donors (Lipinski definition) is 1. The van der Waals surface area contributed by atoms with Crippen molar-refractivity contribution in [1.82, 2.24) is 29.0 Å². The lowest BCUT2D eigenvalue weighted by Gasteiger charge is -2.39. The highest BCUT2D eigenvalue weighted by molar-refractivity contribution is 7.89. The van der Waals surface area contributed by atoms with Crippen molar-refractivity contribution in [3.8, 4) is 0 Å². The summed E-state index contributed by atoms with van der Waals surface area (Å²) in [6.45, 7) is 1.40. The highest BCUT2D eigenvalue weighted by Gasteiger charge is 2.33. The van der Waals surface area contributed by atoms with E-state index in [2.05, 4.69) is 26.8 Å². The predicted octanol–water partition coefficient (Wildman–Crippen LogP) is 0.515. The van der Waals surface area contributed by atoms with Crippen molar-refractivity contribution in [2.75, 3.05) is 20.1 Å². The van der Waals surface area contributed by atoms with Crippen molar-refractivity contribution < 1.29 is 8.42 Å². The van der Waals surface area contributed by atoms with Gasteiger partial charge in [-0.2, -0.15) is 5.10 Å². The number of nitrogens with one attached hydrogen (secondary N) is 1. The molecule has 8 nitrogen and oxygen atoms in total. The Labute approximate surface area is 142 Å². The van der Waals surface area contributed by atoms with Crippen LogP contribution >= 0.6 is 0 Å². The first-order chi connectivity index (χ1) is 11.4. The Morgan fingerprint density at radius 2 is 2.12 bits per heavy atom. The summed E-state index contributed by atoms with van der Waals surface area (Å²) in [6, 6.07) is 1.66. The Morgan fingerprint density at radius 3 is 2.75 bits per heavy atom. The van der Waals surface area contributed by atoms with E-state index >= 15 is 0 Å². The van der Waals surface area contributed by atoms with Crippen LogP contribution in [-0.4, -0.2) is 52.8 Å². The lowest BCUT2D eigenvalue weighted by Crippen LogP contribution is -2.42. The van der Waals surface area contributed by atoms with Gasteiger partial charge in [-0.25, -0.2) is 18.1 Å². The summed E-state index contributed by atoms with van der Waals surface area (Å²) in [7, 11) is 2.13. The van der Waals surface area contributed by atoms with Gasteiger partial charge >= 0.3 is 0 Å². The predicted molar refractivity (Wildman–Crippen MR) is 89.7 cm³/mol. The molecule has 2 atom stereocenters. The van der Waals surface area contributed by atoms with Gasteiger partial charge in [-0.3, -0.25) is 9.58 Å². The monoisotopic (exact) mass is 352 g/mol. The largest absolute Gasteiger partial charge is 0.336 e. The first-order valence-electron chi connectivity index (χ1n) is 8.04. The molecule has 0 saturated carbocycles. The van der Waals surface area contributed by atoms with Gasteiger partial charge in [0, 0.05) is 26.8 Å². The van der Waals surface area contributed by atoms with Crippen LogP contribution in [0.2, 0.25) is 0 Å². The first-order valence-corrected chi connectivity index (χ1v) is 9.52. The summed E-state index contributed by atoms with van der Waals surface area (Å²) in [4.78, 5) is 6.49. The number of likely N-dealkylation sites (tertiary alicyclic amines) is 1. The molecule has 0 amide bonds. The standard InChI is InChI=1S/C15H24N6O2S/c1-19-8-4-5-12(15(19)13-10-16-11-20(13)2)9-18-24(22,23)14-6-7-17-21(14)3/h6-7,10-12,15,18H,4-5,8-9H2,1-3H3. The lowest BCUT2D eigenvalue weighted by atomic mass is 9.87. The van der Waals surface area contributed by atoms with Crippen LogP contribution in [0.1, 0.15) is 24.6 Å². The molecule has 3 rings (SSSR count). The highest BCUT2D eigenvalue weighted by Crippen LogP contribution is 2.34. The van der Waals surface area contributed by atoms with Crippen molar-refractivity contribution in [3.63, 3.8) is 0 Å². The van der Waals surface area contributed by atoms with Crippen LogP contribution in [0, 0.1) is 5.92 Å². The number of aromatic nitrogens is 4. The van der Waals surface area contributed by atoms with E-state index in [9.17, 15) is 8.42 Å². The molecule has 0 bridgehead atoms. The van der Waals surface area contributed by atoms with E-state index < -0.39 is 10.0 Å². The molecule has 24 heavy (non-hydrogen) atoms. The molecular formula is C15H24N6O2S. The zero-order valence-corrected chi connectivity index (χ0v) is 15.1. The zero-order chi connectivity index (χ0) is 17.3. The quantitative estimate of drug-likeness (QED) is 0.848. The SMILES string of the molecule is CN1CCCC(CNS(=O)(=O)c2ccnn2C)C1c1cncn1C. The Bertz CT molecular complexity index is 797. The molecule has 0 aliphatic carbocycles. The smallest absolute Gasteiger partial charge is 0.257 e. The number of nitrogens with zero attached hydrogens (tertiary/aromatic N) is 5. The molecule has 2 unspecified atom stereocenters. The molecule has 2 aromatic heterocycles. The van der Waals surface area contributed by atoms with E-state index in [4.69, 9.17) is 0 Å². The summed E-state index contributed by atoms with van der Waals surface area (Å²) < 4.78 is 31.1. The van der Waals surface area contributed by atoms with Crippen LogP contribution < -0.4 is 4.72 Å². The van der Waals surface area contributed by atoms with E-state index in [1.807, 2.05) is 17.8 Å². The topological polar surface area (TPSA) is 85.1 Å². The minimum absolute atomic E-state index is 0.153. The number of sulfonamides is 1. The fraction of sp³-hybridized carbons (Fsp3) is 0.600. The molecule has 1 N–H and O–H groups in total. The summed E-state index contributed by atoms with van der Waals surface area (Å²) >= 11 is 0. The lowest BCUT2D eigenvalue weighted by molar-refractivity contribution is 0.117. The first kappa shape index (κ1) is 17.1. The van der Waals surface area contributed by atoms with Crippen molar-refractivity contribution in [2.45, 2.75) is 23.9 Å². The number of imidazole rings is 1. The number of piperidine rings is 1. The molecule has 132 valence electrons. The fourth-order valence-corrected chi connectivity index (χ4v) is 4.73. The van der Waals surface area contributed by atoms with Crippen molar-refractivity contribution in [1.29, 1.82) is 0 Å². The summed E-state index contributed by atoms with van der Waals surface area (Å²) in [5.74, 6) is 0.196. The van der Waals surface area contributed by atoms with E-state index in [1.165, 1.54) is 16.9 Å². The average molecular weight is 352 g/mol. The number of aryl methyl sites for hydroxylation is 2. The van der Waals surface area contributed by atoms with E-state index in [-0.39, 0.29) is 17.0 Å². The fourth-order valence-electron chi connectivity index (χ4n) is 3.51. The minimum Gasteiger partial charge on any atom is -0.336 e. The number of rotatable bonds is 5. The van der Waals surface area contributed by atoms with Gasteiger partial charge in [-0.05, 0) is 38.4 Å². The summed E-state index contributed by atoms with van der Waals surface area (Å²) in [6.07, 6.45) is 7.18. The van der Waals surface area contributed by atoms with Crippen LogP contribution in [0.5, 0.6) is 0 Å². The molecule has 1 aliphatic rings. The van der Waals surface area contributed by atoms with Gasteiger partial charge in [0.25, 0.3) is 10.0 Å².